The van der Waals surface area contributed by atoms with Gasteiger partial charge in [0.15, 0.2) is 0 Å². The Kier molecular flexibility index (Phi) is 4.42. The van der Waals surface area contributed by atoms with Crippen molar-refractivity contribution in [1.82, 2.24) is 9.97 Å². The number of halogens is 2. The van der Waals surface area contributed by atoms with Crippen LogP contribution in [-0.4, -0.2) is 9.97 Å². The van der Waals surface area contributed by atoms with Crippen molar-refractivity contribution >= 4 is 29.2 Å². The van der Waals surface area contributed by atoms with Crippen molar-refractivity contribution in [2.45, 2.75) is 32.6 Å². The lowest BCUT2D eigenvalue weighted by molar-refractivity contribution is 0.714. The van der Waals surface area contributed by atoms with Gasteiger partial charge in [-0.3, -0.25) is 0 Å². The Morgan fingerprint density at radius 1 is 1.14 bits per heavy atom. The fraction of sp³-hybridized carbons (Fsp3) is 0.556. The molecule has 1 aromatic rings. The van der Waals surface area contributed by atoms with Gasteiger partial charge in [-0.15, -0.1) is 0 Å². The van der Waals surface area contributed by atoms with Gasteiger partial charge in [-0.05, 0) is 12.8 Å². The molecule has 0 radical (unpaired) electrons. The molecule has 78 valence electrons. The summed E-state index contributed by atoms with van der Waals surface area (Å²) in [5.41, 5.74) is 6.19. The van der Waals surface area contributed by atoms with Crippen molar-refractivity contribution < 1.29 is 0 Å². The van der Waals surface area contributed by atoms with E-state index < -0.39 is 0 Å². The lowest BCUT2D eigenvalue weighted by Crippen LogP contribution is -2.00. The van der Waals surface area contributed by atoms with Gasteiger partial charge < -0.3 is 5.73 Å². The highest BCUT2D eigenvalue weighted by Gasteiger charge is 2.09. The topological polar surface area (TPSA) is 51.8 Å². The van der Waals surface area contributed by atoms with E-state index in [-0.39, 0.29) is 5.95 Å². The zero-order valence-electron chi connectivity index (χ0n) is 8.06. The van der Waals surface area contributed by atoms with E-state index in [1.165, 1.54) is 0 Å². The maximum absolute atomic E-state index is 5.90. The average molecular weight is 234 g/mol. The highest BCUT2D eigenvalue weighted by atomic mass is 35.5. The molecule has 0 atom stereocenters. The molecule has 0 bridgehead atoms. The van der Waals surface area contributed by atoms with Crippen LogP contribution in [0.3, 0.4) is 0 Å². The molecule has 0 saturated heterocycles. The number of nitrogens with zero attached hydrogens (tertiary/aromatic N) is 2. The Balaban J connectivity index is 2.75. The van der Waals surface area contributed by atoms with Crippen LogP contribution >= 0.6 is 23.2 Å². The van der Waals surface area contributed by atoms with Crippen LogP contribution in [0.15, 0.2) is 0 Å². The fourth-order valence-electron chi connectivity index (χ4n) is 1.20. The summed E-state index contributed by atoms with van der Waals surface area (Å²) in [5.74, 6) is 0.124. The monoisotopic (exact) mass is 233 g/mol. The molecule has 0 fully saturated rings. The van der Waals surface area contributed by atoms with E-state index in [2.05, 4.69) is 16.9 Å². The molecule has 0 aromatic carbocycles. The first kappa shape index (κ1) is 11.5. The van der Waals surface area contributed by atoms with Crippen LogP contribution in [0.4, 0.5) is 5.95 Å². The van der Waals surface area contributed by atoms with Crippen molar-refractivity contribution in [2.75, 3.05) is 5.73 Å². The molecule has 5 heteroatoms. The van der Waals surface area contributed by atoms with Crippen LogP contribution < -0.4 is 5.73 Å². The van der Waals surface area contributed by atoms with Gasteiger partial charge in [0, 0.05) is 5.56 Å². The lowest BCUT2D eigenvalue weighted by Gasteiger charge is -2.05. The maximum Gasteiger partial charge on any atom is 0.222 e. The number of anilines is 1. The number of hydrogen-bond acceptors (Lipinski definition) is 3. The number of unbranched alkanes of at least 4 members (excludes halogenated alkanes) is 2. The summed E-state index contributed by atoms with van der Waals surface area (Å²) in [6.45, 7) is 2.14. The van der Waals surface area contributed by atoms with Crippen LogP contribution in [0.25, 0.3) is 0 Å². The summed E-state index contributed by atoms with van der Waals surface area (Å²) in [6.07, 6.45) is 4.16. The van der Waals surface area contributed by atoms with E-state index in [0.717, 1.165) is 31.2 Å². The zero-order valence-corrected chi connectivity index (χ0v) is 9.57. The molecule has 14 heavy (non-hydrogen) atoms. The highest BCUT2D eigenvalue weighted by Crippen LogP contribution is 2.23. The molecule has 1 rings (SSSR count). The lowest BCUT2D eigenvalue weighted by atomic mass is 10.1. The van der Waals surface area contributed by atoms with Crippen LogP contribution in [-0.2, 0) is 6.42 Å². The molecule has 0 spiro atoms. The number of nitrogen functional groups attached to an aromatic ring is 1. The molecular weight excluding hydrogens is 221 g/mol. The van der Waals surface area contributed by atoms with Gasteiger partial charge in [0.05, 0.1) is 0 Å². The third-order valence-electron chi connectivity index (χ3n) is 1.95. The second-order valence-electron chi connectivity index (χ2n) is 3.10. The maximum atomic E-state index is 5.90. The Labute approximate surface area is 93.6 Å². The number of aromatic nitrogens is 2. The van der Waals surface area contributed by atoms with Crippen molar-refractivity contribution in [2.24, 2.45) is 0 Å². The zero-order chi connectivity index (χ0) is 10.6. The van der Waals surface area contributed by atoms with E-state index in [4.69, 9.17) is 28.9 Å². The average Bonchev–Trinajstić information content (AvgIpc) is 2.09. The minimum absolute atomic E-state index is 0.124. The SMILES string of the molecule is CCCCCc1c(Cl)nc(N)nc1Cl. The van der Waals surface area contributed by atoms with Crippen LogP contribution in [0.5, 0.6) is 0 Å². The van der Waals surface area contributed by atoms with Gasteiger partial charge in [0.25, 0.3) is 0 Å². The summed E-state index contributed by atoms with van der Waals surface area (Å²) in [6, 6.07) is 0. The van der Waals surface area contributed by atoms with E-state index in [9.17, 15) is 0 Å². The van der Waals surface area contributed by atoms with Gasteiger partial charge >= 0.3 is 0 Å². The molecule has 2 N–H and O–H groups in total. The Bertz CT molecular complexity index is 292. The quantitative estimate of drug-likeness (QED) is 0.643. The minimum Gasteiger partial charge on any atom is -0.368 e. The van der Waals surface area contributed by atoms with Gasteiger partial charge in [0.2, 0.25) is 5.95 Å². The molecule has 0 aliphatic heterocycles. The first-order valence-electron chi connectivity index (χ1n) is 4.62. The second kappa shape index (κ2) is 5.37. The largest absolute Gasteiger partial charge is 0.368 e. The summed E-state index contributed by atoms with van der Waals surface area (Å²) < 4.78 is 0. The van der Waals surface area contributed by atoms with Crippen molar-refractivity contribution in [3.8, 4) is 0 Å². The minimum atomic E-state index is 0.124. The summed E-state index contributed by atoms with van der Waals surface area (Å²) in [4.78, 5) is 7.72. The summed E-state index contributed by atoms with van der Waals surface area (Å²) >= 11 is 11.8. The highest BCUT2D eigenvalue weighted by molar-refractivity contribution is 6.34. The smallest absolute Gasteiger partial charge is 0.222 e. The van der Waals surface area contributed by atoms with Crippen LogP contribution in [0, 0.1) is 0 Å². The van der Waals surface area contributed by atoms with Gasteiger partial charge in [-0.2, -0.15) is 0 Å². The van der Waals surface area contributed by atoms with E-state index >= 15 is 0 Å². The van der Waals surface area contributed by atoms with Crippen LogP contribution in [0.1, 0.15) is 31.7 Å². The first-order chi connectivity index (χ1) is 6.65. The van der Waals surface area contributed by atoms with E-state index in [0.29, 0.717) is 10.3 Å². The summed E-state index contributed by atoms with van der Waals surface area (Å²) in [5, 5.41) is 0.747. The van der Waals surface area contributed by atoms with Gasteiger partial charge in [0.1, 0.15) is 10.3 Å². The molecule has 1 aromatic heterocycles. The predicted molar refractivity (Wildman–Crippen MR) is 59.7 cm³/mol. The molecule has 1 heterocycles. The first-order valence-corrected chi connectivity index (χ1v) is 5.38. The predicted octanol–water partition coefficient (Wildman–Crippen LogP) is 3.10. The number of rotatable bonds is 4. The molecule has 0 saturated carbocycles. The van der Waals surface area contributed by atoms with Crippen molar-refractivity contribution in [3.05, 3.63) is 15.9 Å². The molecule has 0 aliphatic rings. The Morgan fingerprint density at radius 3 is 2.21 bits per heavy atom. The third kappa shape index (κ3) is 3.00. The third-order valence-corrected chi connectivity index (χ3v) is 2.58. The molecule has 3 nitrogen and oxygen atoms in total. The van der Waals surface area contributed by atoms with Crippen LogP contribution in [0.2, 0.25) is 10.3 Å². The Morgan fingerprint density at radius 2 is 1.71 bits per heavy atom. The van der Waals surface area contributed by atoms with Gasteiger partial charge in [-0.25, -0.2) is 9.97 Å². The number of hydrogen-bond donors (Lipinski definition) is 1. The van der Waals surface area contributed by atoms with Crippen molar-refractivity contribution in [1.29, 1.82) is 0 Å². The van der Waals surface area contributed by atoms with Crippen molar-refractivity contribution in [3.63, 3.8) is 0 Å². The molecule has 0 unspecified atom stereocenters. The summed E-state index contributed by atoms with van der Waals surface area (Å²) in [7, 11) is 0. The normalized spacial score (nSPS) is 10.5. The fourth-order valence-corrected chi connectivity index (χ4v) is 1.79. The molecule has 0 aliphatic carbocycles. The van der Waals surface area contributed by atoms with E-state index in [1.54, 1.807) is 0 Å². The Hall–Kier alpha value is -0.540. The van der Waals surface area contributed by atoms with E-state index in [1.807, 2.05) is 0 Å². The number of nitrogens with two attached hydrogens (primary N) is 1. The van der Waals surface area contributed by atoms with Gasteiger partial charge in [-0.1, -0.05) is 43.0 Å². The second-order valence-corrected chi connectivity index (χ2v) is 3.82. The molecule has 0 amide bonds. The standard InChI is InChI=1S/C9H13Cl2N3/c1-2-3-4-5-6-7(10)13-9(12)14-8(6)11/h2-5H2,1H3,(H2,12,13,14). The molecular formula is C9H13Cl2N3.